The molecule has 52 heavy (non-hydrogen) atoms. The van der Waals surface area contributed by atoms with Crippen LogP contribution in [0, 0.1) is 0 Å². The summed E-state index contributed by atoms with van der Waals surface area (Å²) in [6.07, 6.45) is 1.52. The number of thioether (sulfide) groups is 1. The molecule has 0 bridgehead atoms. The first-order valence-corrected chi connectivity index (χ1v) is 17.5. The molecule has 268 valence electrons. The highest BCUT2D eigenvalue weighted by molar-refractivity contribution is 8.00. The van der Waals surface area contributed by atoms with Gasteiger partial charge in [0.1, 0.15) is 5.70 Å². The Balaban J connectivity index is 1.24. The monoisotopic (exact) mass is 740 g/mol. The zero-order valence-corrected chi connectivity index (χ0v) is 30.6. The number of anilines is 2. The van der Waals surface area contributed by atoms with E-state index >= 15 is 0 Å². The maximum atomic E-state index is 13.6. The predicted octanol–water partition coefficient (Wildman–Crippen LogP) is 6.99. The first kappa shape index (κ1) is 37.3. The number of nitrogens with one attached hydrogen (secondary N) is 3. The van der Waals surface area contributed by atoms with Crippen molar-refractivity contribution in [3.8, 4) is 40.0 Å². The molecule has 1 heterocycles. The van der Waals surface area contributed by atoms with Crippen LogP contribution in [0.15, 0.2) is 101 Å². The molecule has 12 nitrogen and oxygen atoms in total. The lowest BCUT2D eigenvalue weighted by molar-refractivity contribution is -0.114. The van der Waals surface area contributed by atoms with Crippen LogP contribution in [0.25, 0.3) is 17.3 Å². The number of amides is 3. The Kier molecular flexibility index (Phi) is 12.7. The summed E-state index contributed by atoms with van der Waals surface area (Å²) in [7, 11) is 7.61. The van der Waals surface area contributed by atoms with Crippen molar-refractivity contribution in [1.82, 2.24) is 10.3 Å². The summed E-state index contributed by atoms with van der Waals surface area (Å²) in [5.41, 5.74) is 2.90. The van der Waals surface area contributed by atoms with Crippen LogP contribution in [0.1, 0.15) is 15.9 Å². The highest BCUT2D eigenvalue weighted by atomic mass is 32.2. The lowest BCUT2D eigenvalue weighted by Crippen LogP contribution is -2.30. The van der Waals surface area contributed by atoms with Gasteiger partial charge in [-0.3, -0.25) is 14.4 Å². The number of thiazole rings is 1. The van der Waals surface area contributed by atoms with Crippen molar-refractivity contribution in [2.45, 2.75) is 4.90 Å². The molecule has 0 spiro atoms. The predicted molar refractivity (Wildman–Crippen MR) is 203 cm³/mol. The molecule has 3 N–H and O–H groups in total. The molecule has 0 saturated carbocycles. The van der Waals surface area contributed by atoms with Crippen LogP contribution in [0.4, 0.5) is 10.8 Å². The van der Waals surface area contributed by atoms with Crippen molar-refractivity contribution < 1.29 is 38.1 Å². The summed E-state index contributed by atoms with van der Waals surface area (Å²) in [5, 5.41) is 10.7. The van der Waals surface area contributed by atoms with E-state index in [9.17, 15) is 14.4 Å². The molecule has 0 aliphatic carbocycles. The quantitative estimate of drug-likeness (QED) is 0.0758. The van der Waals surface area contributed by atoms with Crippen LogP contribution in [0.5, 0.6) is 28.7 Å². The second-order valence-corrected chi connectivity index (χ2v) is 12.7. The smallest absolute Gasteiger partial charge is 0.272 e. The normalized spacial score (nSPS) is 10.9. The van der Waals surface area contributed by atoms with Gasteiger partial charge in [-0.2, -0.15) is 0 Å². The fraction of sp³-hybridized carbons (Fsp3) is 0.158. The van der Waals surface area contributed by atoms with Crippen LogP contribution < -0.4 is 39.6 Å². The minimum atomic E-state index is -0.561. The molecular formula is C38H36N4O8S2. The third kappa shape index (κ3) is 9.41. The standard InChI is InChI=1S/C38H36N4O8S2/c1-46-30-16-11-25(20-31(30)47-2)29-21-52-38(41-29)42-34(43)22-51-27-14-12-26(13-15-27)39-37(45)28(40-36(44)24-9-7-6-8-10-24)17-23-18-32(48-3)35(50-5)33(19-23)49-4/h6-21H,22H2,1-5H3,(H,39,45)(H,40,44)(H,41,42,43)/b28-17-. The zero-order valence-electron chi connectivity index (χ0n) is 29.0. The van der Waals surface area contributed by atoms with Gasteiger partial charge >= 0.3 is 0 Å². The Morgan fingerprint density at radius 3 is 2.06 bits per heavy atom. The fourth-order valence-corrected chi connectivity index (χ4v) is 6.32. The number of hydrogen-bond acceptors (Lipinski definition) is 11. The van der Waals surface area contributed by atoms with E-state index in [1.165, 1.54) is 50.5 Å². The van der Waals surface area contributed by atoms with Crippen LogP contribution >= 0.6 is 23.1 Å². The Bertz CT molecular complexity index is 2040. The molecule has 5 aromatic rings. The number of methoxy groups -OCH3 is 5. The molecule has 14 heteroatoms. The van der Waals surface area contributed by atoms with Crippen LogP contribution in [0.2, 0.25) is 0 Å². The molecule has 3 amide bonds. The van der Waals surface area contributed by atoms with Gasteiger partial charge in [0, 0.05) is 27.1 Å². The van der Waals surface area contributed by atoms with Gasteiger partial charge in [-0.15, -0.1) is 23.1 Å². The summed E-state index contributed by atoms with van der Waals surface area (Å²) < 4.78 is 27.0. The first-order chi connectivity index (χ1) is 25.2. The molecule has 0 radical (unpaired) electrons. The number of carbonyl (C=O) groups is 3. The van der Waals surface area contributed by atoms with E-state index in [0.717, 1.165) is 10.5 Å². The Morgan fingerprint density at radius 1 is 0.750 bits per heavy atom. The van der Waals surface area contributed by atoms with Gasteiger partial charge in [0.2, 0.25) is 11.7 Å². The lowest BCUT2D eigenvalue weighted by Gasteiger charge is -2.15. The van der Waals surface area contributed by atoms with Crippen molar-refractivity contribution >= 4 is 57.7 Å². The van der Waals surface area contributed by atoms with Crippen molar-refractivity contribution in [3.05, 3.63) is 107 Å². The van der Waals surface area contributed by atoms with Gasteiger partial charge in [0.05, 0.1) is 47.0 Å². The number of nitrogens with zero attached hydrogens (tertiary/aromatic N) is 1. The van der Waals surface area contributed by atoms with Gasteiger partial charge in [-0.25, -0.2) is 4.98 Å². The van der Waals surface area contributed by atoms with Gasteiger partial charge in [0.15, 0.2) is 28.1 Å². The summed E-state index contributed by atoms with van der Waals surface area (Å²) in [5.74, 6) is 1.26. The Hall–Kier alpha value is -5.99. The van der Waals surface area contributed by atoms with Gasteiger partial charge in [-0.1, -0.05) is 18.2 Å². The minimum absolute atomic E-state index is 0.0188. The average Bonchev–Trinajstić information content (AvgIpc) is 3.65. The summed E-state index contributed by atoms with van der Waals surface area (Å²) in [6.45, 7) is 0. The number of hydrogen-bond donors (Lipinski definition) is 3. The molecule has 0 saturated heterocycles. The number of ether oxygens (including phenoxy) is 5. The van der Waals surface area contributed by atoms with Gasteiger partial charge in [0.25, 0.3) is 11.8 Å². The van der Waals surface area contributed by atoms with Crippen molar-refractivity contribution in [1.29, 1.82) is 0 Å². The van der Waals surface area contributed by atoms with E-state index in [0.29, 0.717) is 56.4 Å². The largest absolute Gasteiger partial charge is 0.493 e. The second kappa shape index (κ2) is 17.8. The molecule has 1 aromatic heterocycles. The van der Waals surface area contributed by atoms with Crippen LogP contribution in [-0.2, 0) is 9.59 Å². The number of carbonyl (C=O) groups excluding carboxylic acids is 3. The highest BCUT2D eigenvalue weighted by Crippen LogP contribution is 2.39. The number of aromatic nitrogens is 1. The van der Waals surface area contributed by atoms with E-state index in [4.69, 9.17) is 23.7 Å². The van der Waals surface area contributed by atoms with Crippen molar-refractivity contribution in [2.75, 3.05) is 51.9 Å². The van der Waals surface area contributed by atoms with Crippen molar-refractivity contribution in [3.63, 3.8) is 0 Å². The lowest BCUT2D eigenvalue weighted by atomic mass is 10.1. The SMILES string of the molecule is COc1ccc(-c2csc(NC(=O)CSc3ccc(NC(=O)/C(=C/c4cc(OC)c(OC)c(OC)c4)NC(=O)c4ccccc4)cc3)n2)cc1OC. The molecule has 5 rings (SSSR count). The molecule has 4 aromatic carbocycles. The topological polar surface area (TPSA) is 146 Å². The van der Waals surface area contributed by atoms with Gasteiger partial charge in [-0.05, 0) is 78.4 Å². The highest BCUT2D eigenvalue weighted by Gasteiger charge is 2.18. The van der Waals surface area contributed by atoms with Gasteiger partial charge < -0.3 is 39.6 Å². The average molecular weight is 741 g/mol. The van der Waals surface area contributed by atoms with E-state index in [-0.39, 0.29) is 17.4 Å². The maximum Gasteiger partial charge on any atom is 0.272 e. The second-order valence-electron chi connectivity index (χ2n) is 10.8. The molecule has 0 unspecified atom stereocenters. The third-order valence-corrected chi connectivity index (χ3v) is 9.21. The van der Waals surface area contributed by atoms with Crippen LogP contribution in [0.3, 0.4) is 0 Å². The molecule has 0 aliphatic heterocycles. The van der Waals surface area contributed by atoms with E-state index in [2.05, 4.69) is 20.9 Å². The van der Waals surface area contributed by atoms with E-state index in [1.807, 2.05) is 17.5 Å². The zero-order chi connectivity index (χ0) is 37.0. The summed E-state index contributed by atoms with van der Waals surface area (Å²) in [6, 6.07) is 24.4. The first-order valence-electron chi connectivity index (χ1n) is 15.6. The van der Waals surface area contributed by atoms with E-state index < -0.39 is 11.8 Å². The van der Waals surface area contributed by atoms with Crippen molar-refractivity contribution in [2.24, 2.45) is 0 Å². The number of rotatable bonds is 15. The molecule has 0 aliphatic rings. The Morgan fingerprint density at radius 2 is 1.42 bits per heavy atom. The summed E-state index contributed by atoms with van der Waals surface area (Å²) in [4.78, 5) is 44.8. The minimum Gasteiger partial charge on any atom is -0.493 e. The maximum absolute atomic E-state index is 13.6. The Labute approximate surface area is 309 Å². The molecule has 0 fully saturated rings. The summed E-state index contributed by atoms with van der Waals surface area (Å²) >= 11 is 2.65. The number of benzene rings is 4. The fourth-order valence-electron chi connectivity index (χ4n) is 4.89. The molecule has 0 atom stereocenters. The third-order valence-electron chi connectivity index (χ3n) is 7.44. The van der Waals surface area contributed by atoms with E-state index in [1.54, 1.807) is 87.0 Å². The van der Waals surface area contributed by atoms with Crippen LogP contribution in [-0.4, -0.2) is 64.0 Å². The molecular weight excluding hydrogens is 705 g/mol.